The van der Waals surface area contributed by atoms with Crippen molar-refractivity contribution in [1.29, 1.82) is 0 Å². The van der Waals surface area contributed by atoms with Gasteiger partial charge in [-0.15, -0.1) is 0 Å². The molecule has 9 nitrogen and oxygen atoms in total. The molecule has 1 aromatic carbocycles. The van der Waals surface area contributed by atoms with Crippen LogP contribution in [-0.2, 0) is 30.2 Å². The SMILES string of the molecule is CC(C)(C)OC(=O)N[C@@H](C[C@H](Cc1ccc(OC(CO)C[18F])cc1)C(=O)OC(C)(C)C)C(=O)OC(C)(C)C. The molecule has 0 spiro atoms. The molecule has 0 heterocycles. The molecule has 1 rings (SSSR count). The second-order valence-electron chi connectivity index (χ2n) is 12.1. The maximum absolute atomic E-state index is 13.2. The van der Waals surface area contributed by atoms with Gasteiger partial charge in [0.2, 0.25) is 0 Å². The van der Waals surface area contributed by atoms with Crippen molar-refractivity contribution < 1.29 is 42.8 Å². The van der Waals surface area contributed by atoms with Crippen molar-refractivity contribution in [2.75, 3.05) is 13.3 Å². The van der Waals surface area contributed by atoms with Gasteiger partial charge in [-0.2, -0.15) is 0 Å². The van der Waals surface area contributed by atoms with E-state index >= 15 is 0 Å². The van der Waals surface area contributed by atoms with Gasteiger partial charge < -0.3 is 29.4 Å². The Bertz CT molecular complexity index is 909. The van der Waals surface area contributed by atoms with Crippen LogP contribution in [0, 0.1) is 5.92 Å². The molecule has 0 saturated carbocycles. The lowest BCUT2D eigenvalue weighted by atomic mass is 9.92. The van der Waals surface area contributed by atoms with Crippen LogP contribution in [0.3, 0.4) is 0 Å². The lowest BCUT2D eigenvalue weighted by Gasteiger charge is -2.29. The first-order chi connectivity index (χ1) is 17.3. The normalized spacial score (nSPS) is 14.6. The summed E-state index contributed by atoms with van der Waals surface area (Å²) >= 11 is 0. The number of carbonyl (C=O) groups excluding carboxylic acids is 3. The third-order valence-corrected chi connectivity index (χ3v) is 4.73. The van der Waals surface area contributed by atoms with Crippen LogP contribution >= 0.6 is 0 Å². The molecule has 0 bridgehead atoms. The molecule has 0 aliphatic rings. The van der Waals surface area contributed by atoms with E-state index in [2.05, 4.69) is 5.32 Å². The number of esters is 2. The number of alkyl halides is 1. The Morgan fingerprint density at radius 2 is 1.34 bits per heavy atom. The number of hydrogen-bond acceptors (Lipinski definition) is 8. The zero-order chi connectivity index (χ0) is 29.3. The van der Waals surface area contributed by atoms with Gasteiger partial charge in [-0.05, 0) is 92.9 Å². The number of rotatable bonds is 11. The van der Waals surface area contributed by atoms with Gasteiger partial charge in [0.15, 0.2) is 0 Å². The fourth-order valence-corrected chi connectivity index (χ4v) is 3.27. The Balaban J connectivity index is 3.23. The number of aliphatic hydroxyl groups is 1. The van der Waals surface area contributed by atoms with Crippen LogP contribution in [0.2, 0.25) is 0 Å². The summed E-state index contributed by atoms with van der Waals surface area (Å²) in [5, 5.41) is 11.7. The van der Waals surface area contributed by atoms with Crippen LogP contribution in [0.1, 0.15) is 74.3 Å². The topological polar surface area (TPSA) is 120 Å². The maximum Gasteiger partial charge on any atom is 0.408 e. The summed E-state index contributed by atoms with van der Waals surface area (Å²) in [5.74, 6) is -1.72. The first kappa shape index (κ1) is 33.1. The Hall–Kier alpha value is -2.88. The van der Waals surface area contributed by atoms with Crippen molar-refractivity contribution in [3.63, 3.8) is 0 Å². The highest BCUT2D eigenvalue weighted by atomic mass is 18.2. The number of hydrogen-bond donors (Lipinski definition) is 2. The Labute approximate surface area is 225 Å². The highest BCUT2D eigenvalue weighted by molar-refractivity contribution is 5.83. The first-order valence-electron chi connectivity index (χ1n) is 12.7. The highest BCUT2D eigenvalue weighted by Gasteiger charge is 2.35. The van der Waals surface area contributed by atoms with E-state index in [9.17, 15) is 18.8 Å². The van der Waals surface area contributed by atoms with Crippen LogP contribution in [-0.4, -0.2) is 65.4 Å². The minimum Gasteiger partial charge on any atom is -0.485 e. The molecule has 0 fully saturated rings. The van der Waals surface area contributed by atoms with E-state index in [1.807, 2.05) is 0 Å². The molecule has 1 unspecified atom stereocenters. The Kier molecular flexibility index (Phi) is 12.0. The summed E-state index contributed by atoms with van der Waals surface area (Å²) in [6.45, 7) is 14.1. The highest BCUT2D eigenvalue weighted by Crippen LogP contribution is 2.24. The third kappa shape index (κ3) is 13.6. The standard InChI is InChI=1S/C28H44FNO8/c1-26(2,3)36-23(32)19(14-18-10-12-20(13-11-18)35-21(16-29)17-31)15-22(24(33)37-27(4,5)6)30-25(34)38-28(7,8)9/h10-13,19,21-22,31H,14-17H2,1-9H3,(H,30,34)/t19-,21?,22-/m0/s1/i29-1. The zero-order valence-corrected chi connectivity index (χ0v) is 24.1. The molecule has 0 aromatic heterocycles. The van der Waals surface area contributed by atoms with Gasteiger partial charge >= 0.3 is 18.0 Å². The van der Waals surface area contributed by atoms with Gasteiger partial charge in [0.05, 0.1) is 12.5 Å². The van der Waals surface area contributed by atoms with Crippen molar-refractivity contribution in [2.24, 2.45) is 5.92 Å². The fourth-order valence-electron chi connectivity index (χ4n) is 3.27. The van der Waals surface area contributed by atoms with Crippen molar-refractivity contribution in [1.82, 2.24) is 5.32 Å². The molecule has 38 heavy (non-hydrogen) atoms. The molecule has 0 aliphatic heterocycles. The quantitative estimate of drug-likeness (QED) is 0.311. The number of aliphatic hydroxyl groups excluding tert-OH is 1. The van der Waals surface area contributed by atoms with Crippen molar-refractivity contribution in [3.8, 4) is 5.75 Å². The van der Waals surface area contributed by atoms with Gasteiger partial charge in [0.1, 0.15) is 41.4 Å². The van der Waals surface area contributed by atoms with Crippen LogP contribution in [0.4, 0.5) is 9.18 Å². The smallest absolute Gasteiger partial charge is 0.408 e. The van der Waals surface area contributed by atoms with Gasteiger partial charge in [-0.3, -0.25) is 4.79 Å². The number of halogens is 1. The van der Waals surface area contributed by atoms with Crippen molar-refractivity contribution in [2.45, 2.75) is 104 Å². The van der Waals surface area contributed by atoms with Crippen LogP contribution in [0.5, 0.6) is 5.75 Å². The Morgan fingerprint density at radius 1 is 0.842 bits per heavy atom. The molecule has 0 aliphatic carbocycles. The number of carbonyl (C=O) groups is 3. The summed E-state index contributed by atoms with van der Waals surface area (Å²) in [7, 11) is 0. The average Bonchev–Trinajstić information content (AvgIpc) is 2.73. The van der Waals surface area contributed by atoms with Crippen LogP contribution in [0.15, 0.2) is 24.3 Å². The van der Waals surface area contributed by atoms with Gasteiger partial charge in [-0.25, -0.2) is 14.0 Å². The molecular formula is C28H44FNO8. The second-order valence-corrected chi connectivity index (χ2v) is 12.1. The van der Waals surface area contributed by atoms with E-state index in [-0.39, 0.29) is 12.8 Å². The predicted molar refractivity (Wildman–Crippen MR) is 141 cm³/mol. The van der Waals surface area contributed by atoms with Gasteiger partial charge in [0.25, 0.3) is 0 Å². The Morgan fingerprint density at radius 3 is 1.79 bits per heavy atom. The molecule has 1 aromatic rings. The molecule has 216 valence electrons. The molecule has 3 atom stereocenters. The fraction of sp³-hybridized carbons (Fsp3) is 0.679. The van der Waals surface area contributed by atoms with E-state index in [0.29, 0.717) is 11.3 Å². The van der Waals surface area contributed by atoms with Crippen molar-refractivity contribution >= 4 is 18.0 Å². The minimum atomic E-state index is -1.18. The number of nitrogens with one attached hydrogen (secondary N) is 1. The second kappa shape index (κ2) is 13.8. The lowest BCUT2D eigenvalue weighted by Crippen LogP contribution is -2.48. The molecule has 1 amide bonds. The van der Waals surface area contributed by atoms with Gasteiger partial charge in [0, 0.05) is 0 Å². The molecule has 0 saturated heterocycles. The number of amides is 1. The van der Waals surface area contributed by atoms with E-state index in [0.717, 1.165) is 0 Å². The largest absolute Gasteiger partial charge is 0.485 e. The summed E-state index contributed by atoms with van der Waals surface area (Å²) in [4.78, 5) is 38.8. The molecule has 10 heteroatoms. The summed E-state index contributed by atoms with van der Waals surface area (Å²) in [6, 6.07) is 5.42. The molecular weight excluding hydrogens is 496 g/mol. The van der Waals surface area contributed by atoms with Gasteiger partial charge in [-0.1, -0.05) is 12.1 Å². The summed E-state index contributed by atoms with van der Waals surface area (Å²) in [6.07, 6.45) is -1.71. The number of alkyl carbamates (subject to hydrolysis) is 1. The van der Waals surface area contributed by atoms with E-state index in [1.54, 1.807) is 86.6 Å². The third-order valence-electron chi connectivity index (χ3n) is 4.73. The number of ether oxygens (including phenoxy) is 4. The van der Waals surface area contributed by atoms with Crippen LogP contribution < -0.4 is 10.1 Å². The van der Waals surface area contributed by atoms with E-state index in [1.165, 1.54) is 0 Å². The van der Waals surface area contributed by atoms with E-state index in [4.69, 9.17) is 24.1 Å². The average molecular weight is 541 g/mol. The monoisotopic (exact) mass is 540 g/mol. The number of benzene rings is 1. The molecule has 0 radical (unpaired) electrons. The zero-order valence-electron chi connectivity index (χ0n) is 24.1. The first-order valence-corrected chi connectivity index (χ1v) is 12.7. The predicted octanol–water partition coefficient (Wildman–Crippen LogP) is 4.52. The van der Waals surface area contributed by atoms with Crippen LogP contribution in [0.25, 0.3) is 0 Å². The summed E-state index contributed by atoms with van der Waals surface area (Å²) < 4.78 is 34.7. The lowest BCUT2D eigenvalue weighted by molar-refractivity contribution is -0.162. The minimum absolute atomic E-state index is 0.101. The molecule has 2 N–H and O–H groups in total. The maximum atomic E-state index is 13.2. The summed E-state index contributed by atoms with van der Waals surface area (Å²) in [5.41, 5.74) is -1.68. The van der Waals surface area contributed by atoms with E-state index < -0.39 is 66.2 Å². The van der Waals surface area contributed by atoms with Crippen molar-refractivity contribution in [3.05, 3.63) is 29.8 Å².